The number of non-ortho nitro benzene ring substituents is 1. The Bertz CT molecular complexity index is 1550. The summed E-state index contributed by atoms with van der Waals surface area (Å²) in [4.78, 5) is 61.3. The first-order valence-corrected chi connectivity index (χ1v) is 13.8. The van der Waals surface area contributed by atoms with E-state index < -0.39 is 66.6 Å². The molecule has 1 aliphatic heterocycles. The summed E-state index contributed by atoms with van der Waals surface area (Å²) in [6, 6.07) is 10.5. The third-order valence-corrected chi connectivity index (χ3v) is 11.6. The lowest BCUT2D eigenvalue weighted by Crippen LogP contribution is -2.56. The number of nitrogens with zero attached hydrogens (tertiary/aromatic N) is 3. The number of allylic oxidation sites excluding steroid dienone is 2. The van der Waals surface area contributed by atoms with Gasteiger partial charge in [-0.15, -0.1) is 23.2 Å². The summed E-state index contributed by atoms with van der Waals surface area (Å²) >= 11 is 39.3. The van der Waals surface area contributed by atoms with E-state index in [-0.39, 0.29) is 21.2 Å². The van der Waals surface area contributed by atoms with Crippen LogP contribution in [0.5, 0.6) is 5.75 Å². The third-order valence-electron chi connectivity index (χ3n) is 7.35. The molecule has 0 aromatic heterocycles. The monoisotopic (exact) mass is 679 g/mol. The van der Waals surface area contributed by atoms with Gasteiger partial charge < -0.3 is 4.74 Å². The molecule has 5 rings (SSSR count). The fourth-order valence-electron chi connectivity index (χ4n) is 5.38. The fourth-order valence-corrected chi connectivity index (χ4v) is 8.31. The molecule has 2 aliphatic carbocycles. The van der Waals surface area contributed by atoms with Gasteiger partial charge in [-0.1, -0.05) is 64.6 Å². The van der Waals surface area contributed by atoms with Crippen LogP contribution in [0.15, 0.2) is 58.6 Å². The highest BCUT2D eigenvalue weighted by atomic mass is 35.5. The molecule has 3 amide bonds. The Morgan fingerprint density at radius 2 is 1.49 bits per heavy atom. The van der Waals surface area contributed by atoms with Crippen molar-refractivity contribution >= 4 is 98.8 Å². The molecule has 3 aliphatic rings. The van der Waals surface area contributed by atoms with E-state index in [0.29, 0.717) is 15.8 Å². The molecule has 2 aromatic carbocycles. The van der Waals surface area contributed by atoms with E-state index in [1.807, 2.05) is 0 Å². The maximum absolute atomic E-state index is 13.9. The van der Waals surface area contributed by atoms with Crippen molar-refractivity contribution in [3.8, 4) is 5.75 Å². The number of ether oxygens (including phenoxy) is 1. The minimum atomic E-state index is -2.21. The number of carbonyl (C=O) groups excluding carboxylic acids is 4. The number of hydrogen-bond donors (Lipinski definition) is 0. The highest BCUT2D eigenvalue weighted by molar-refractivity contribution is 6.66. The zero-order valence-electron chi connectivity index (χ0n) is 20.4. The van der Waals surface area contributed by atoms with E-state index in [4.69, 9.17) is 74.3 Å². The zero-order valence-corrected chi connectivity index (χ0v) is 25.0. The summed E-state index contributed by atoms with van der Waals surface area (Å²) in [6.45, 7) is -0.849. The molecule has 1 saturated heterocycles. The summed E-state index contributed by atoms with van der Waals surface area (Å²) in [6.07, 6.45) is 0. The van der Waals surface area contributed by atoms with E-state index in [1.54, 1.807) is 6.07 Å². The number of amides is 3. The van der Waals surface area contributed by atoms with E-state index in [9.17, 15) is 29.3 Å². The van der Waals surface area contributed by atoms with E-state index in [0.717, 1.165) is 12.1 Å². The SMILES string of the molecule is COc1cccc(C(=O)CN(C(=O)c2cccc([N+](=O)[O-])c2)N2C(=O)[C@H]3[C@H](C2=O)[C@@]2(Cl)C(Cl)=C(Cl)[C@@]3(Cl)C2(Cl)Cl)c1. The van der Waals surface area contributed by atoms with Crippen LogP contribution in [-0.4, -0.2) is 66.2 Å². The van der Waals surface area contributed by atoms with Gasteiger partial charge in [0.05, 0.1) is 33.9 Å². The molecule has 10 nitrogen and oxygen atoms in total. The second-order valence-electron chi connectivity index (χ2n) is 9.39. The number of hydrogen-bond acceptors (Lipinski definition) is 7. The van der Waals surface area contributed by atoms with Crippen molar-refractivity contribution < 1.29 is 28.8 Å². The lowest BCUT2D eigenvalue weighted by Gasteiger charge is -2.36. The molecule has 16 heteroatoms. The maximum atomic E-state index is 13.9. The van der Waals surface area contributed by atoms with Gasteiger partial charge in [-0.2, -0.15) is 5.01 Å². The fraction of sp³-hybridized carbons (Fsp3) is 0.280. The number of methoxy groups -OCH3 is 1. The summed E-state index contributed by atoms with van der Waals surface area (Å²) in [5.41, 5.74) is -0.658. The smallest absolute Gasteiger partial charge is 0.273 e. The number of nitro groups is 1. The first kappa shape index (κ1) is 29.9. The van der Waals surface area contributed by atoms with Crippen LogP contribution in [0, 0.1) is 22.0 Å². The van der Waals surface area contributed by atoms with Gasteiger partial charge in [-0.3, -0.25) is 29.3 Å². The number of benzene rings is 2. The third kappa shape index (κ3) is 3.92. The summed E-state index contributed by atoms with van der Waals surface area (Å²) in [7, 11) is 1.39. The second kappa shape index (κ2) is 10.00. The number of hydrazine groups is 1. The Hall–Kier alpha value is -2.60. The Labute approximate surface area is 261 Å². The molecule has 2 bridgehead atoms. The highest BCUT2D eigenvalue weighted by Gasteiger charge is 2.88. The molecule has 0 radical (unpaired) electrons. The van der Waals surface area contributed by atoms with Crippen LogP contribution >= 0.6 is 69.6 Å². The molecular formula is C25H15Cl6N3O7. The Balaban J connectivity index is 1.61. The molecule has 41 heavy (non-hydrogen) atoms. The Kier molecular flexibility index (Phi) is 7.29. The molecular weight excluding hydrogens is 667 g/mol. The maximum Gasteiger partial charge on any atom is 0.273 e. The van der Waals surface area contributed by atoms with Crippen molar-refractivity contribution in [1.82, 2.24) is 10.0 Å². The average Bonchev–Trinajstić information content (AvgIpc) is 3.34. The number of fused-ring (bicyclic) bond motifs is 5. The van der Waals surface area contributed by atoms with Gasteiger partial charge in [0, 0.05) is 23.3 Å². The number of ketones is 1. The molecule has 214 valence electrons. The first-order chi connectivity index (χ1) is 19.1. The second-order valence-corrected chi connectivity index (χ2v) is 12.7. The predicted molar refractivity (Wildman–Crippen MR) is 151 cm³/mol. The van der Waals surface area contributed by atoms with Crippen molar-refractivity contribution in [3.05, 3.63) is 79.8 Å². The van der Waals surface area contributed by atoms with Gasteiger partial charge in [-0.05, 0) is 18.2 Å². The van der Waals surface area contributed by atoms with Crippen LogP contribution in [0.3, 0.4) is 0 Å². The van der Waals surface area contributed by atoms with E-state index >= 15 is 0 Å². The topological polar surface area (TPSA) is 127 Å². The highest BCUT2D eigenvalue weighted by Crippen LogP contribution is 2.77. The van der Waals surface area contributed by atoms with Crippen molar-refractivity contribution in [1.29, 1.82) is 0 Å². The van der Waals surface area contributed by atoms with Crippen LogP contribution in [0.25, 0.3) is 0 Å². The molecule has 0 unspecified atom stereocenters. The molecule has 0 spiro atoms. The Morgan fingerprint density at radius 3 is 2.02 bits per heavy atom. The Morgan fingerprint density at radius 1 is 0.951 bits per heavy atom. The lowest BCUT2D eigenvalue weighted by molar-refractivity contribution is -0.384. The number of carbonyl (C=O) groups is 4. The minimum absolute atomic E-state index is 0.0801. The number of halogens is 6. The summed E-state index contributed by atoms with van der Waals surface area (Å²) in [5, 5.41) is 11.7. The van der Waals surface area contributed by atoms with Gasteiger partial charge >= 0.3 is 0 Å². The molecule has 2 aromatic rings. The first-order valence-electron chi connectivity index (χ1n) is 11.6. The van der Waals surface area contributed by atoms with Gasteiger partial charge in [0.15, 0.2) is 10.1 Å². The van der Waals surface area contributed by atoms with E-state index in [1.165, 1.54) is 37.4 Å². The van der Waals surface area contributed by atoms with Gasteiger partial charge in [0.1, 0.15) is 22.0 Å². The number of alkyl halides is 4. The average molecular weight is 682 g/mol. The molecule has 0 N–H and O–H groups in total. The quantitative estimate of drug-likeness (QED) is 0.128. The molecule has 1 heterocycles. The van der Waals surface area contributed by atoms with E-state index in [2.05, 4.69) is 0 Å². The number of imide groups is 1. The zero-order chi connectivity index (χ0) is 30.2. The summed E-state index contributed by atoms with van der Waals surface area (Å²) in [5.74, 6) is -6.78. The standard InChI is InChI=1S/C25H15Cl6N3O7/c1-41-14-7-3-4-11(9-14)15(35)10-32(20(36)12-5-2-6-13(8-12)34(39)40)33-21(37)16-17(22(33)38)24(29)19(27)18(26)23(16,28)25(24,30)31/h2-9,16-17H,10H2,1H3/t16-,17-,23-,24-/m1/s1. The minimum Gasteiger partial charge on any atom is -0.497 e. The normalized spacial score (nSPS) is 27.7. The van der Waals surface area contributed by atoms with Gasteiger partial charge in [0.2, 0.25) is 0 Å². The van der Waals surface area contributed by atoms with Crippen molar-refractivity contribution in [3.63, 3.8) is 0 Å². The van der Waals surface area contributed by atoms with Crippen molar-refractivity contribution in [2.45, 2.75) is 14.1 Å². The van der Waals surface area contributed by atoms with Crippen molar-refractivity contribution in [2.24, 2.45) is 11.8 Å². The van der Waals surface area contributed by atoms with Crippen LogP contribution < -0.4 is 4.74 Å². The van der Waals surface area contributed by atoms with Crippen LogP contribution in [-0.2, 0) is 9.59 Å². The lowest BCUT2D eigenvalue weighted by atomic mass is 9.84. The number of rotatable bonds is 7. The molecule has 2 fully saturated rings. The number of Topliss-reactive ketones (excluding diaryl/α,β-unsaturated/α-hetero) is 1. The van der Waals surface area contributed by atoms with Crippen molar-refractivity contribution in [2.75, 3.05) is 13.7 Å². The number of nitro benzene ring substituents is 1. The summed E-state index contributed by atoms with van der Waals surface area (Å²) < 4.78 is 2.93. The van der Waals surface area contributed by atoms with Crippen LogP contribution in [0.1, 0.15) is 20.7 Å². The largest absolute Gasteiger partial charge is 0.497 e. The molecule has 1 saturated carbocycles. The van der Waals surface area contributed by atoms with Crippen LogP contribution in [0.4, 0.5) is 5.69 Å². The molecule has 4 atom stereocenters. The van der Waals surface area contributed by atoms with Gasteiger partial charge in [0.25, 0.3) is 23.4 Å². The predicted octanol–water partition coefficient (Wildman–Crippen LogP) is 5.29. The van der Waals surface area contributed by atoms with Gasteiger partial charge in [-0.25, -0.2) is 5.01 Å². The van der Waals surface area contributed by atoms with Crippen LogP contribution in [0.2, 0.25) is 0 Å².